The molecule has 1 aromatic heterocycles. The van der Waals surface area contributed by atoms with E-state index in [0.29, 0.717) is 17.3 Å². The first kappa shape index (κ1) is 13.7. The van der Waals surface area contributed by atoms with Gasteiger partial charge in [-0.1, -0.05) is 48.0 Å². The molecule has 3 nitrogen and oxygen atoms in total. The highest BCUT2D eigenvalue weighted by atomic mass is 35.5. The van der Waals surface area contributed by atoms with Crippen molar-refractivity contribution >= 4 is 28.5 Å². The Hall–Kier alpha value is -2.26. The highest BCUT2D eigenvalue weighted by Gasteiger charge is 2.13. The van der Waals surface area contributed by atoms with Crippen LogP contribution in [0.3, 0.4) is 0 Å². The lowest BCUT2D eigenvalue weighted by atomic mass is 10.2. The molecule has 3 rings (SSSR count). The SMILES string of the molecule is Cc1cccc2cc(C(=O)NCc3ccccc3Cl)oc12. The number of para-hydroxylation sites is 1. The molecule has 0 saturated heterocycles. The maximum atomic E-state index is 12.2. The second-order valence-corrected chi connectivity index (χ2v) is 5.29. The maximum Gasteiger partial charge on any atom is 0.287 e. The van der Waals surface area contributed by atoms with Crippen molar-refractivity contribution < 1.29 is 9.21 Å². The second kappa shape index (κ2) is 5.62. The summed E-state index contributed by atoms with van der Waals surface area (Å²) in [6.45, 7) is 2.33. The fourth-order valence-electron chi connectivity index (χ4n) is 2.23. The van der Waals surface area contributed by atoms with Crippen molar-refractivity contribution in [3.05, 3.63) is 70.4 Å². The third-order valence-corrected chi connectivity index (χ3v) is 3.73. The Morgan fingerprint density at radius 2 is 2.00 bits per heavy atom. The van der Waals surface area contributed by atoms with E-state index in [-0.39, 0.29) is 5.91 Å². The van der Waals surface area contributed by atoms with Crippen LogP contribution in [0.15, 0.2) is 52.9 Å². The summed E-state index contributed by atoms with van der Waals surface area (Å²) in [6, 6.07) is 15.0. The molecule has 1 amide bonds. The summed E-state index contributed by atoms with van der Waals surface area (Å²) in [5.41, 5.74) is 2.64. The van der Waals surface area contributed by atoms with Crippen molar-refractivity contribution in [2.45, 2.75) is 13.5 Å². The third kappa shape index (κ3) is 2.78. The molecule has 1 heterocycles. The fourth-order valence-corrected chi connectivity index (χ4v) is 2.43. The predicted molar refractivity (Wildman–Crippen MR) is 83.6 cm³/mol. The van der Waals surface area contributed by atoms with Crippen molar-refractivity contribution in [1.82, 2.24) is 5.32 Å². The van der Waals surface area contributed by atoms with E-state index in [1.165, 1.54) is 0 Å². The summed E-state index contributed by atoms with van der Waals surface area (Å²) in [5, 5.41) is 4.39. The minimum Gasteiger partial charge on any atom is -0.451 e. The smallest absolute Gasteiger partial charge is 0.287 e. The van der Waals surface area contributed by atoms with Gasteiger partial charge in [0, 0.05) is 17.0 Å². The Labute approximate surface area is 127 Å². The normalized spacial score (nSPS) is 10.8. The lowest BCUT2D eigenvalue weighted by Crippen LogP contribution is -2.22. The molecule has 3 aromatic rings. The van der Waals surface area contributed by atoms with Crippen LogP contribution in [0.2, 0.25) is 5.02 Å². The molecular formula is C17H14ClNO2. The van der Waals surface area contributed by atoms with Crippen molar-refractivity contribution in [3.63, 3.8) is 0 Å². The number of rotatable bonds is 3. The average Bonchev–Trinajstić information content (AvgIpc) is 2.92. The van der Waals surface area contributed by atoms with E-state index in [0.717, 1.165) is 22.1 Å². The standard InChI is InChI=1S/C17H14ClNO2/c1-11-5-4-7-12-9-15(21-16(11)12)17(20)19-10-13-6-2-3-8-14(13)18/h2-9H,10H2,1H3,(H,19,20). The Bertz CT molecular complexity index is 807. The van der Waals surface area contributed by atoms with Gasteiger partial charge in [0.25, 0.3) is 5.91 Å². The number of halogens is 1. The number of furan rings is 1. The van der Waals surface area contributed by atoms with E-state index in [1.54, 1.807) is 12.1 Å². The van der Waals surface area contributed by atoms with Gasteiger partial charge in [0.1, 0.15) is 5.58 Å². The molecule has 1 N–H and O–H groups in total. The highest BCUT2D eigenvalue weighted by Crippen LogP contribution is 2.22. The Balaban J connectivity index is 1.78. The molecule has 0 aliphatic carbocycles. The summed E-state index contributed by atoms with van der Waals surface area (Å²) in [6.07, 6.45) is 0. The van der Waals surface area contributed by atoms with Crippen LogP contribution in [0.1, 0.15) is 21.7 Å². The number of hydrogen-bond donors (Lipinski definition) is 1. The zero-order valence-corrected chi connectivity index (χ0v) is 12.3. The molecule has 106 valence electrons. The number of hydrogen-bond acceptors (Lipinski definition) is 2. The summed E-state index contributed by atoms with van der Waals surface area (Å²) in [5.74, 6) is 0.0665. The predicted octanol–water partition coefficient (Wildman–Crippen LogP) is 4.32. The molecule has 0 fully saturated rings. The van der Waals surface area contributed by atoms with Crippen LogP contribution in [-0.4, -0.2) is 5.91 Å². The molecule has 0 bridgehead atoms. The van der Waals surface area contributed by atoms with Gasteiger partial charge in [-0.2, -0.15) is 0 Å². The van der Waals surface area contributed by atoms with Gasteiger partial charge in [-0.15, -0.1) is 0 Å². The van der Waals surface area contributed by atoms with E-state index in [9.17, 15) is 4.79 Å². The zero-order valence-electron chi connectivity index (χ0n) is 11.5. The van der Waals surface area contributed by atoms with Crippen molar-refractivity contribution in [1.29, 1.82) is 0 Å². The number of fused-ring (bicyclic) bond motifs is 1. The van der Waals surface area contributed by atoms with E-state index in [2.05, 4.69) is 5.32 Å². The summed E-state index contributed by atoms with van der Waals surface area (Å²) < 4.78 is 5.63. The average molecular weight is 300 g/mol. The van der Waals surface area contributed by atoms with Crippen LogP contribution in [0.5, 0.6) is 0 Å². The number of carbonyl (C=O) groups is 1. The molecular weight excluding hydrogens is 286 g/mol. The number of amides is 1. The maximum absolute atomic E-state index is 12.2. The fraction of sp³-hybridized carbons (Fsp3) is 0.118. The summed E-state index contributed by atoms with van der Waals surface area (Å²) in [4.78, 5) is 12.2. The van der Waals surface area contributed by atoms with Gasteiger partial charge in [-0.25, -0.2) is 0 Å². The van der Waals surface area contributed by atoms with Gasteiger partial charge >= 0.3 is 0 Å². The lowest BCUT2D eigenvalue weighted by molar-refractivity contribution is 0.0925. The first-order chi connectivity index (χ1) is 10.1. The molecule has 21 heavy (non-hydrogen) atoms. The van der Waals surface area contributed by atoms with Crippen LogP contribution in [-0.2, 0) is 6.54 Å². The van der Waals surface area contributed by atoms with Gasteiger partial charge < -0.3 is 9.73 Å². The molecule has 4 heteroatoms. The van der Waals surface area contributed by atoms with Gasteiger partial charge in [0.05, 0.1) is 0 Å². The summed E-state index contributed by atoms with van der Waals surface area (Å²) in [7, 11) is 0. The van der Waals surface area contributed by atoms with Crippen molar-refractivity contribution in [3.8, 4) is 0 Å². The van der Waals surface area contributed by atoms with Crippen LogP contribution in [0.4, 0.5) is 0 Å². The first-order valence-electron chi connectivity index (χ1n) is 6.66. The molecule has 0 atom stereocenters. The van der Waals surface area contributed by atoms with Crippen LogP contribution >= 0.6 is 11.6 Å². The van der Waals surface area contributed by atoms with Crippen LogP contribution in [0, 0.1) is 6.92 Å². The Morgan fingerprint density at radius 1 is 1.19 bits per heavy atom. The minimum absolute atomic E-state index is 0.245. The van der Waals surface area contributed by atoms with Gasteiger partial charge in [-0.3, -0.25) is 4.79 Å². The Morgan fingerprint density at radius 3 is 2.76 bits per heavy atom. The number of nitrogens with one attached hydrogen (secondary N) is 1. The summed E-state index contributed by atoms with van der Waals surface area (Å²) >= 11 is 6.06. The molecule has 2 aromatic carbocycles. The first-order valence-corrected chi connectivity index (χ1v) is 7.04. The highest BCUT2D eigenvalue weighted by molar-refractivity contribution is 6.31. The molecule has 0 spiro atoms. The van der Waals surface area contributed by atoms with Crippen molar-refractivity contribution in [2.75, 3.05) is 0 Å². The van der Waals surface area contributed by atoms with E-state index >= 15 is 0 Å². The third-order valence-electron chi connectivity index (χ3n) is 3.36. The molecule has 0 aliphatic rings. The minimum atomic E-state index is -0.245. The largest absolute Gasteiger partial charge is 0.451 e. The van der Waals surface area contributed by atoms with Gasteiger partial charge in [0.15, 0.2) is 5.76 Å². The van der Waals surface area contributed by atoms with Gasteiger partial charge in [-0.05, 0) is 30.2 Å². The molecule has 0 aliphatic heterocycles. The van der Waals surface area contributed by atoms with E-state index < -0.39 is 0 Å². The monoisotopic (exact) mass is 299 g/mol. The molecule has 0 saturated carbocycles. The quantitative estimate of drug-likeness (QED) is 0.782. The molecule has 0 unspecified atom stereocenters. The van der Waals surface area contributed by atoms with E-state index in [4.69, 9.17) is 16.0 Å². The van der Waals surface area contributed by atoms with Crippen LogP contribution < -0.4 is 5.32 Å². The van der Waals surface area contributed by atoms with Crippen molar-refractivity contribution in [2.24, 2.45) is 0 Å². The topological polar surface area (TPSA) is 42.2 Å². The van der Waals surface area contributed by atoms with E-state index in [1.807, 2.05) is 43.3 Å². The number of aryl methyl sites for hydroxylation is 1. The zero-order chi connectivity index (χ0) is 14.8. The lowest BCUT2D eigenvalue weighted by Gasteiger charge is -2.05. The second-order valence-electron chi connectivity index (χ2n) is 4.88. The molecule has 0 radical (unpaired) electrons. The van der Waals surface area contributed by atoms with Gasteiger partial charge in [0.2, 0.25) is 0 Å². The van der Waals surface area contributed by atoms with Crippen LogP contribution in [0.25, 0.3) is 11.0 Å². The number of benzene rings is 2. The number of carbonyl (C=O) groups excluding carboxylic acids is 1. The Kier molecular flexibility index (Phi) is 3.67.